The zero-order valence-electron chi connectivity index (χ0n) is 16.7. The van der Waals surface area contributed by atoms with Gasteiger partial charge >= 0.3 is 0 Å². The lowest BCUT2D eigenvalue weighted by Crippen LogP contribution is -2.32. The molecule has 23 heavy (non-hydrogen) atoms. The van der Waals surface area contributed by atoms with Crippen molar-refractivity contribution in [3.05, 3.63) is 0 Å². The molecule has 0 aliphatic carbocycles. The summed E-state index contributed by atoms with van der Waals surface area (Å²) >= 11 is 0. The number of rotatable bonds is 13. The van der Waals surface area contributed by atoms with Crippen LogP contribution in [0.5, 0.6) is 0 Å². The third kappa shape index (κ3) is 10.4. The lowest BCUT2D eigenvalue weighted by atomic mass is 9.87. The van der Waals surface area contributed by atoms with Crippen LogP contribution in [0.3, 0.4) is 0 Å². The van der Waals surface area contributed by atoms with Crippen LogP contribution in [-0.4, -0.2) is 30.0 Å². The van der Waals surface area contributed by atoms with Crippen LogP contribution in [0.1, 0.15) is 80.6 Å². The number of hydrogen-bond acceptors (Lipinski definition) is 3. The van der Waals surface area contributed by atoms with Gasteiger partial charge in [0.15, 0.2) is 0 Å². The van der Waals surface area contributed by atoms with E-state index in [1.807, 2.05) is 6.92 Å². The standard InChI is InChI=1S/C20H43NO2/c1-8-19(22)18(7)20(9-2)23-13-16(5)11-14(3)10-15(4)12-17(6)21/h14-20,22H,8-13,21H2,1-7H3/t14-,15-,16+,17-,18-,19?,20?/m0/s1. The third-order valence-corrected chi connectivity index (χ3v) is 4.99. The Bertz CT molecular complexity index is 283. The molecule has 0 amide bonds. The second kappa shape index (κ2) is 12.3. The van der Waals surface area contributed by atoms with Gasteiger partial charge in [-0.15, -0.1) is 0 Å². The Kier molecular flexibility index (Phi) is 12.2. The van der Waals surface area contributed by atoms with E-state index in [4.69, 9.17) is 10.5 Å². The highest BCUT2D eigenvalue weighted by atomic mass is 16.5. The molecule has 0 bridgehead atoms. The van der Waals surface area contributed by atoms with Gasteiger partial charge in [-0.3, -0.25) is 0 Å². The molecule has 3 heteroatoms. The molecule has 0 radical (unpaired) electrons. The van der Waals surface area contributed by atoms with Crippen LogP contribution in [0, 0.1) is 23.7 Å². The summed E-state index contributed by atoms with van der Waals surface area (Å²) in [7, 11) is 0. The molecule has 0 heterocycles. The molecule has 0 aromatic heterocycles. The topological polar surface area (TPSA) is 55.5 Å². The van der Waals surface area contributed by atoms with Crippen LogP contribution in [-0.2, 0) is 4.74 Å². The normalized spacial score (nSPS) is 21.3. The van der Waals surface area contributed by atoms with E-state index in [-0.39, 0.29) is 18.1 Å². The number of aliphatic hydroxyl groups excluding tert-OH is 1. The first-order valence-electron chi connectivity index (χ1n) is 9.76. The Morgan fingerprint density at radius 1 is 0.826 bits per heavy atom. The zero-order chi connectivity index (χ0) is 18.0. The smallest absolute Gasteiger partial charge is 0.0622 e. The van der Waals surface area contributed by atoms with E-state index < -0.39 is 0 Å². The third-order valence-electron chi connectivity index (χ3n) is 4.99. The van der Waals surface area contributed by atoms with Gasteiger partial charge < -0.3 is 15.6 Å². The van der Waals surface area contributed by atoms with Crippen molar-refractivity contribution in [1.29, 1.82) is 0 Å². The predicted octanol–water partition coefficient (Wildman–Crippen LogP) is 4.61. The zero-order valence-corrected chi connectivity index (χ0v) is 16.7. The molecule has 0 aromatic carbocycles. The van der Waals surface area contributed by atoms with Gasteiger partial charge in [0, 0.05) is 18.6 Å². The van der Waals surface area contributed by atoms with E-state index in [9.17, 15) is 5.11 Å². The first kappa shape index (κ1) is 22.9. The first-order valence-corrected chi connectivity index (χ1v) is 9.76. The van der Waals surface area contributed by atoms with Crippen molar-refractivity contribution in [2.24, 2.45) is 29.4 Å². The van der Waals surface area contributed by atoms with Gasteiger partial charge in [0.25, 0.3) is 0 Å². The van der Waals surface area contributed by atoms with Crippen molar-refractivity contribution in [1.82, 2.24) is 0 Å². The van der Waals surface area contributed by atoms with Crippen molar-refractivity contribution < 1.29 is 9.84 Å². The quantitative estimate of drug-likeness (QED) is 0.518. The fourth-order valence-electron chi connectivity index (χ4n) is 3.82. The molecule has 0 saturated carbocycles. The SMILES string of the molecule is CCC(O)[C@H](C)C(CC)OC[C@H](C)C[C@@H](C)C[C@H](C)C[C@H](C)N. The maximum absolute atomic E-state index is 10.0. The van der Waals surface area contributed by atoms with Crippen molar-refractivity contribution >= 4 is 0 Å². The maximum atomic E-state index is 10.0. The largest absolute Gasteiger partial charge is 0.393 e. The van der Waals surface area contributed by atoms with E-state index in [2.05, 4.69) is 41.5 Å². The van der Waals surface area contributed by atoms with Crippen LogP contribution < -0.4 is 5.73 Å². The van der Waals surface area contributed by atoms with E-state index in [1.54, 1.807) is 0 Å². The second-order valence-corrected chi connectivity index (χ2v) is 8.11. The summed E-state index contributed by atoms with van der Waals surface area (Å²) in [5.74, 6) is 2.18. The van der Waals surface area contributed by atoms with Crippen LogP contribution in [0.15, 0.2) is 0 Å². The minimum absolute atomic E-state index is 0.166. The van der Waals surface area contributed by atoms with Crippen LogP contribution in [0.25, 0.3) is 0 Å². The van der Waals surface area contributed by atoms with Gasteiger partial charge in [0.2, 0.25) is 0 Å². The van der Waals surface area contributed by atoms with Crippen LogP contribution in [0.4, 0.5) is 0 Å². The molecular formula is C20H43NO2. The van der Waals surface area contributed by atoms with Crippen LogP contribution in [0.2, 0.25) is 0 Å². The lowest BCUT2D eigenvalue weighted by molar-refractivity contribution is -0.0447. The summed E-state index contributed by atoms with van der Waals surface area (Å²) in [6.45, 7) is 16.1. The first-order chi connectivity index (χ1) is 10.7. The number of hydrogen-bond donors (Lipinski definition) is 2. The van der Waals surface area contributed by atoms with Crippen molar-refractivity contribution in [3.8, 4) is 0 Å². The molecule has 7 atom stereocenters. The Morgan fingerprint density at radius 2 is 1.35 bits per heavy atom. The van der Waals surface area contributed by atoms with Gasteiger partial charge in [0.05, 0.1) is 12.2 Å². The highest BCUT2D eigenvalue weighted by Crippen LogP contribution is 2.24. The molecule has 3 N–H and O–H groups in total. The summed E-state index contributed by atoms with van der Waals surface area (Å²) < 4.78 is 6.13. The minimum atomic E-state index is -0.256. The van der Waals surface area contributed by atoms with Gasteiger partial charge in [-0.2, -0.15) is 0 Å². The lowest BCUT2D eigenvalue weighted by Gasteiger charge is -2.28. The molecule has 3 nitrogen and oxygen atoms in total. The molecule has 0 saturated heterocycles. The molecule has 2 unspecified atom stereocenters. The molecule has 0 aromatic rings. The molecule has 0 fully saturated rings. The second-order valence-electron chi connectivity index (χ2n) is 8.11. The summed E-state index contributed by atoms with van der Waals surface area (Å²) in [6, 6.07) is 0.301. The Balaban J connectivity index is 4.14. The highest BCUT2D eigenvalue weighted by Gasteiger charge is 2.23. The van der Waals surface area contributed by atoms with E-state index in [1.165, 1.54) is 12.8 Å². The fourth-order valence-corrected chi connectivity index (χ4v) is 3.82. The monoisotopic (exact) mass is 329 g/mol. The molecule has 140 valence electrons. The Labute approximate surface area is 145 Å². The predicted molar refractivity (Wildman–Crippen MR) is 100 cm³/mol. The summed E-state index contributed by atoms with van der Waals surface area (Å²) in [5.41, 5.74) is 5.89. The average Bonchev–Trinajstić information content (AvgIpc) is 2.45. The summed E-state index contributed by atoms with van der Waals surface area (Å²) in [5, 5.41) is 10.0. The Morgan fingerprint density at radius 3 is 1.83 bits per heavy atom. The molecule has 0 rings (SSSR count). The Hall–Kier alpha value is -0.120. The van der Waals surface area contributed by atoms with Gasteiger partial charge in [0.1, 0.15) is 0 Å². The van der Waals surface area contributed by atoms with Crippen molar-refractivity contribution in [3.63, 3.8) is 0 Å². The van der Waals surface area contributed by atoms with Crippen molar-refractivity contribution in [2.75, 3.05) is 6.61 Å². The van der Waals surface area contributed by atoms with Gasteiger partial charge in [-0.1, -0.05) is 41.5 Å². The van der Waals surface area contributed by atoms with E-state index in [0.29, 0.717) is 23.8 Å². The van der Waals surface area contributed by atoms with E-state index in [0.717, 1.165) is 25.9 Å². The minimum Gasteiger partial charge on any atom is -0.393 e. The maximum Gasteiger partial charge on any atom is 0.0622 e. The fraction of sp³-hybridized carbons (Fsp3) is 1.00. The van der Waals surface area contributed by atoms with Crippen LogP contribution >= 0.6 is 0 Å². The van der Waals surface area contributed by atoms with E-state index >= 15 is 0 Å². The molecular weight excluding hydrogens is 286 g/mol. The molecule has 0 aliphatic heterocycles. The summed E-state index contributed by atoms with van der Waals surface area (Å²) in [6.07, 6.45) is 5.22. The molecule has 0 aliphatic rings. The highest BCUT2D eigenvalue weighted by molar-refractivity contribution is 4.73. The molecule has 0 spiro atoms. The van der Waals surface area contributed by atoms with Gasteiger partial charge in [-0.05, 0) is 56.8 Å². The average molecular weight is 330 g/mol. The number of aliphatic hydroxyl groups is 1. The number of ether oxygens (including phenoxy) is 1. The summed E-state index contributed by atoms with van der Waals surface area (Å²) in [4.78, 5) is 0. The van der Waals surface area contributed by atoms with Gasteiger partial charge in [-0.25, -0.2) is 0 Å². The number of nitrogens with two attached hydrogens (primary N) is 1. The van der Waals surface area contributed by atoms with Crippen molar-refractivity contribution in [2.45, 2.75) is 98.8 Å².